The normalized spacial score (nSPS) is 21.0. The number of hydrogen-bond acceptors (Lipinski definition) is 6. The number of carbonyl (C=O) groups excluding carboxylic acids is 2. The van der Waals surface area contributed by atoms with E-state index in [2.05, 4.69) is 27.1 Å². The van der Waals surface area contributed by atoms with E-state index in [-0.39, 0.29) is 35.5 Å². The molecule has 1 aromatic carbocycles. The van der Waals surface area contributed by atoms with E-state index in [4.69, 9.17) is 0 Å². The van der Waals surface area contributed by atoms with Crippen LogP contribution >= 0.6 is 0 Å². The van der Waals surface area contributed by atoms with Gasteiger partial charge in [0.2, 0.25) is 0 Å². The molecule has 3 aliphatic rings. The Hall–Kier alpha value is -3.21. The number of amides is 2. The van der Waals surface area contributed by atoms with Crippen LogP contribution in [-0.4, -0.2) is 82.4 Å². The fourth-order valence-electron chi connectivity index (χ4n) is 5.77. The molecule has 5 rings (SSSR count). The van der Waals surface area contributed by atoms with Gasteiger partial charge in [-0.05, 0) is 56.2 Å². The molecule has 2 saturated heterocycles. The van der Waals surface area contributed by atoms with Crippen molar-refractivity contribution in [3.63, 3.8) is 0 Å². The molecule has 2 amide bonds. The van der Waals surface area contributed by atoms with Crippen molar-refractivity contribution in [2.45, 2.75) is 76.7 Å². The molecular formula is C29H37F3N6O2. The molecule has 0 spiro atoms. The summed E-state index contributed by atoms with van der Waals surface area (Å²) in [6, 6.07) is 8.10. The number of anilines is 1. The van der Waals surface area contributed by atoms with Gasteiger partial charge in [-0.1, -0.05) is 26.0 Å². The lowest BCUT2D eigenvalue weighted by molar-refractivity contribution is -0.141. The van der Waals surface area contributed by atoms with Crippen LogP contribution in [0.3, 0.4) is 0 Å². The smallest absolute Gasteiger partial charge is 0.352 e. The first kappa shape index (κ1) is 28.3. The summed E-state index contributed by atoms with van der Waals surface area (Å²) >= 11 is 0. The average Bonchev–Trinajstić information content (AvgIpc) is 3.80. The van der Waals surface area contributed by atoms with Crippen molar-refractivity contribution in [2.75, 3.05) is 37.6 Å². The molecule has 1 aliphatic carbocycles. The lowest BCUT2D eigenvalue weighted by Gasteiger charge is -2.47. The van der Waals surface area contributed by atoms with E-state index >= 15 is 0 Å². The summed E-state index contributed by atoms with van der Waals surface area (Å²) in [4.78, 5) is 39.1. The molecular weight excluding hydrogens is 521 g/mol. The summed E-state index contributed by atoms with van der Waals surface area (Å²) in [7, 11) is 0. The van der Waals surface area contributed by atoms with Crippen molar-refractivity contribution in [1.82, 2.24) is 25.1 Å². The Balaban J connectivity index is 1.23. The van der Waals surface area contributed by atoms with Crippen LogP contribution in [-0.2, 0) is 12.6 Å². The van der Waals surface area contributed by atoms with Crippen molar-refractivity contribution < 1.29 is 22.8 Å². The molecule has 2 aliphatic heterocycles. The number of alkyl halides is 3. The van der Waals surface area contributed by atoms with E-state index in [1.165, 1.54) is 5.56 Å². The van der Waals surface area contributed by atoms with Gasteiger partial charge in [-0.15, -0.1) is 0 Å². The van der Waals surface area contributed by atoms with Crippen LogP contribution in [0.2, 0.25) is 0 Å². The van der Waals surface area contributed by atoms with Crippen LogP contribution in [0.5, 0.6) is 0 Å². The van der Waals surface area contributed by atoms with Gasteiger partial charge in [-0.2, -0.15) is 13.2 Å². The maximum Gasteiger partial charge on any atom is 0.437 e. The molecule has 8 nitrogen and oxygen atoms in total. The Morgan fingerprint density at radius 1 is 1.00 bits per heavy atom. The summed E-state index contributed by atoms with van der Waals surface area (Å²) in [6.07, 6.45) is 1.43. The van der Waals surface area contributed by atoms with Crippen LogP contribution in [0.4, 0.5) is 19.0 Å². The summed E-state index contributed by atoms with van der Waals surface area (Å²) in [6.45, 7) is 6.81. The number of rotatable bonds is 7. The van der Waals surface area contributed by atoms with Crippen LogP contribution in [0.1, 0.15) is 78.1 Å². The third kappa shape index (κ3) is 6.24. The number of piperazine rings is 1. The van der Waals surface area contributed by atoms with Gasteiger partial charge in [0.25, 0.3) is 11.8 Å². The summed E-state index contributed by atoms with van der Waals surface area (Å²) in [5.41, 5.74) is 0.478. The van der Waals surface area contributed by atoms with Crippen molar-refractivity contribution in [3.05, 3.63) is 53.0 Å². The highest BCUT2D eigenvalue weighted by atomic mass is 19.4. The van der Waals surface area contributed by atoms with E-state index in [0.29, 0.717) is 38.3 Å². The highest BCUT2D eigenvalue weighted by Crippen LogP contribution is 2.36. The fraction of sp³-hybridized carbons (Fsp3) is 0.586. The Labute approximate surface area is 232 Å². The highest BCUT2D eigenvalue weighted by molar-refractivity contribution is 5.94. The quantitative estimate of drug-likeness (QED) is 0.550. The number of carbonyl (C=O) groups is 2. The van der Waals surface area contributed by atoms with Crippen molar-refractivity contribution in [2.24, 2.45) is 0 Å². The molecule has 1 aromatic heterocycles. The first-order valence-electron chi connectivity index (χ1n) is 14.3. The number of aryl methyl sites for hydroxylation is 1. The number of likely N-dealkylation sites (tertiary alicyclic amines) is 1. The Kier molecular flexibility index (Phi) is 8.30. The van der Waals surface area contributed by atoms with Gasteiger partial charge in [0, 0.05) is 56.4 Å². The van der Waals surface area contributed by atoms with Crippen LogP contribution in [0, 0.1) is 0 Å². The second-order valence-corrected chi connectivity index (χ2v) is 11.0. The molecule has 0 radical (unpaired) electrons. The SMILES string of the molecule is CCc1ccc(C(=O)N2CCC(N3CCN(c4ncc(C(=O)NC5CC5)nc4C(F)(F)F)C[C@@H]3CC)CC2)cc1. The molecule has 0 unspecified atom stereocenters. The zero-order valence-corrected chi connectivity index (χ0v) is 23.1. The van der Waals surface area contributed by atoms with Crippen molar-refractivity contribution in [3.8, 4) is 0 Å². The number of nitrogens with one attached hydrogen (secondary N) is 1. The van der Waals surface area contributed by atoms with Crippen LogP contribution < -0.4 is 10.2 Å². The zero-order chi connectivity index (χ0) is 28.4. The molecule has 2 aromatic rings. The summed E-state index contributed by atoms with van der Waals surface area (Å²) in [5.74, 6) is -0.792. The minimum Gasteiger partial charge on any atom is -0.352 e. The van der Waals surface area contributed by atoms with Gasteiger partial charge < -0.3 is 15.1 Å². The Bertz CT molecular complexity index is 1210. The standard InChI is InChI=1S/C29H37F3N6O2/c1-3-19-5-7-20(8-6-19)28(40)36-13-11-23(12-14-36)38-16-15-37(18-22(38)4-2)26-25(29(30,31)32)35-24(17-33-26)27(39)34-21-9-10-21/h5-8,17,21-23H,3-4,9-16,18H2,1-2H3,(H,34,39)/t22-/m0/s1. The number of piperidine rings is 1. The molecule has 0 bridgehead atoms. The van der Waals surface area contributed by atoms with Crippen LogP contribution in [0.25, 0.3) is 0 Å². The van der Waals surface area contributed by atoms with Gasteiger partial charge in [-0.3, -0.25) is 14.5 Å². The van der Waals surface area contributed by atoms with E-state index < -0.39 is 17.8 Å². The summed E-state index contributed by atoms with van der Waals surface area (Å²) in [5, 5.41) is 2.68. The van der Waals surface area contributed by atoms with Gasteiger partial charge >= 0.3 is 6.18 Å². The van der Waals surface area contributed by atoms with E-state index in [9.17, 15) is 22.8 Å². The monoisotopic (exact) mass is 558 g/mol. The molecule has 11 heteroatoms. The van der Waals surface area contributed by atoms with Crippen molar-refractivity contribution in [1.29, 1.82) is 0 Å². The Morgan fingerprint density at radius 2 is 1.70 bits per heavy atom. The van der Waals surface area contributed by atoms with E-state index in [1.807, 2.05) is 36.1 Å². The second kappa shape index (κ2) is 11.7. The van der Waals surface area contributed by atoms with Gasteiger partial charge in [0.1, 0.15) is 5.69 Å². The summed E-state index contributed by atoms with van der Waals surface area (Å²) < 4.78 is 42.1. The third-order valence-electron chi connectivity index (χ3n) is 8.30. The predicted octanol–water partition coefficient (Wildman–Crippen LogP) is 4.16. The molecule has 3 fully saturated rings. The molecule has 1 N–H and O–H groups in total. The molecule has 3 heterocycles. The number of aromatic nitrogens is 2. The Morgan fingerprint density at radius 3 is 2.30 bits per heavy atom. The third-order valence-corrected chi connectivity index (χ3v) is 8.30. The number of halogens is 3. The second-order valence-electron chi connectivity index (χ2n) is 11.0. The van der Waals surface area contributed by atoms with Gasteiger partial charge in [-0.25, -0.2) is 9.97 Å². The maximum absolute atomic E-state index is 14.0. The van der Waals surface area contributed by atoms with E-state index in [1.54, 1.807) is 4.90 Å². The van der Waals surface area contributed by atoms with Gasteiger partial charge in [0.15, 0.2) is 11.5 Å². The zero-order valence-electron chi connectivity index (χ0n) is 23.1. The predicted molar refractivity (Wildman–Crippen MR) is 145 cm³/mol. The minimum absolute atomic E-state index is 0.0130. The van der Waals surface area contributed by atoms with Crippen molar-refractivity contribution >= 4 is 17.6 Å². The number of hydrogen-bond donors (Lipinski definition) is 1. The minimum atomic E-state index is -4.73. The number of nitrogens with zero attached hydrogens (tertiary/aromatic N) is 5. The van der Waals surface area contributed by atoms with Gasteiger partial charge in [0.05, 0.1) is 6.20 Å². The average molecular weight is 559 g/mol. The molecule has 216 valence electrons. The lowest BCUT2D eigenvalue weighted by Crippen LogP contribution is -2.59. The first-order chi connectivity index (χ1) is 19.2. The largest absolute Gasteiger partial charge is 0.437 e. The first-order valence-corrected chi connectivity index (χ1v) is 14.3. The molecule has 1 atom stereocenters. The molecule has 40 heavy (non-hydrogen) atoms. The fourth-order valence-corrected chi connectivity index (χ4v) is 5.77. The maximum atomic E-state index is 14.0. The van der Waals surface area contributed by atoms with Crippen LogP contribution in [0.15, 0.2) is 30.5 Å². The molecule has 1 saturated carbocycles. The number of benzene rings is 1. The topological polar surface area (TPSA) is 81.7 Å². The van der Waals surface area contributed by atoms with E-state index in [0.717, 1.165) is 44.7 Å². The lowest BCUT2D eigenvalue weighted by atomic mass is 9.97. The highest BCUT2D eigenvalue weighted by Gasteiger charge is 2.41.